The van der Waals surface area contributed by atoms with Crippen LogP contribution in [0.4, 0.5) is 0 Å². The molecule has 76 valence electrons. The zero-order chi connectivity index (χ0) is 9.97. The molecular formula is C10H14BrN3. The SMILES string of the molecule is CN(Cc1ncccc1Br)C1CNC1. The van der Waals surface area contributed by atoms with Gasteiger partial charge in [-0.05, 0) is 35.1 Å². The van der Waals surface area contributed by atoms with Gasteiger partial charge in [0.1, 0.15) is 0 Å². The summed E-state index contributed by atoms with van der Waals surface area (Å²) in [5.41, 5.74) is 1.11. The van der Waals surface area contributed by atoms with Crippen LogP contribution in [0.3, 0.4) is 0 Å². The fourth-order valence-corrected chi connectivity index (χ4v) is 1.87. The van der Waals surface area contributed by atoms with Crippen molar-refractivity contribution in [1.82, 2.24) is 15.2 Å². The van der Waals surface area contributed by atoms with Crippen LogP contribution in [0.5, 0.6) is 0 Å². The van der Waals surface area contributed by atoms with Crippen LogP contribution in [0.25, 0.3) is 0 Å². The van der Waals surface area contributed by atoms with Crippen LogP contribution >= 0.6 is 15.9 Å². The number of nitrogens with zero attached hydrogens (tertiary/aromatic N) is 2. The number of likely N-dealkylation sites (N-methyl/N-ethyl adjacent to an activating group) is 1. The van der Waals surface area contributed by atoms with Gasteiger partial charge in [-0.25, -0.2) is 0 Å². The first kappa shape index (κ1) is 10.1. The Hall–Kier alpha value is -0.450. The number of rotatable bonds is 3. The summed E-state index contributed by atoms with van der Waals surface area (Å²) in [6, 6.07) is 4.65. The van der Waals surface area contributed by atoms with Crippen molar-refractivity contribution in [3.63, 3.8) is 0 Å². The Bertz CT molecular complexity index is 312. The summed E-state index contributed by atoms with van der Waals surface area (Å²) in [6.07, 6.45) is 1.84. The minimum atomic E-state index is 0.670. The fraction of sp³-hybridized carbons (Fsp3) is 0.500. The van der Waals surface area contributed by atoms with E-state index in [1.807, 2.05) is 18.3 Å². The molecule has 0 unspecified atom stereocenters. The molecule has 0 aromatic carbocycles. The molecule has 0 atom stereocenters. The Morgan fingerprint density at radius 3 is 3.00 bits per heavy atom. The van der Waals surface area contributed by atoms with Gasteiger partial charge >= 0.3 is 0 Å². The van der Waals surface area contributed by atoms with E-state index in [0.29, 0.717) is 6.04 Å². The molecule has 0 radical (unpaired) electrons. The first-order valence-electron chi connectivity index (χ1n) is 4.77. The maximum atomic E-state index is 4.35. The zero-order valence-electron chi connectivity index (χ0n) is 8.20. The lowest BCUT2D eigenvalue weighted by molar-refractivity contribution is 0.171. The number of halogens is 1. The fourth-order valence-electron chi connectivity index (χ4n) is 1.49. The van der Waals surface area contributed by atoms with E-state index in [4.69, 9.17) is 0 Å². The highest BCUT2D eigenvalue weighted by molar-refractivity contribution is 9.10. The largest absolute Gasteiger partial charge is 0.314 e. The predicted molar refractivity (Wildman–Crippen MR) is 60.1 cm³/mol. The first-order valence-corrected chi connectivity index (χ1v) is 5.57. The van der Waals surface area contributed by atoms with Gasteiger partial charge in [-0.1, -0.05) is 0 Å². The van der Waals surface area contributed by atoms with Gasteiger partial charge in [0.15, 0.2) is 0 Å². The third-order valence-electron chi connectivity index (χ3n) is 2.62. The van der Waals surface area contributed by atoms with Crippen LogP contribution in [-0.2, 0) is 6.54 Å². The Labute approximate surface area is 92.6 Å². The average molecular weight is 256 g/mol. The Balaban J connectivity index is 1.99. The number of nitrogens with one attached hydrogen (secondary N) is 1. The van der Waals surface area contributed by atoms with Crippen LogP contribution in [0.2, 0.25) is 0 Å². The standard InChI is InChI=1S/C10H14BrN3/c1-14(8-5-12-6-8)7-10-9(11)3-2-4-13-10/h2-4,8,12H,5-7H2,1H3. The second kappa shape index (κ2) is 4.38. The van der Waals surface area contributed by atoms with Crippen molar-refractivity contribution < 1.29 is 0 Å². The molecular weight excluding hydrogens is 242 g/mol. The summed E-state index contributed by atoms with van der Waals surface area (Å²) in [5.74, 6) is 0. The van der Waals surface area contributed by atoms with Gasteiger partial charge in [0.2, 0.25) is 0 Å². The van der Waals surface area contributed by atoms with Crippen LogP contribution < -0.4 is 5.32 Å². The van der Waals surface area contributed by atoms with Gasteiger partial charge in [0.05, 0.1) is 5.69 Å². The maximum Gasteiger partial charge on any atom is 0.0685 e. The van der Waals surface area contributed by atoms with Gasteiger partial charge in [-0.2, -0.15) is 0 Å². The highest BCUT2D eigenvalue weighted by Crippen LogP contribution is 2.16. The molecule has 1 aliphatic heterocycles. The molecule has 14 heavy (non-hydrogen) atoms. The van der Waals surface area contributed by atoms with Crippen molar-refractivity contribution in [2.75, 3.05) is 20.1 Å². The van der Waals surface area contributed by atoms with E-state index in [1.54, 1.807) is 0 Å². The summed E-state index contributed by atoms with van der Waals surface area (Å²) >= 11 is 3.51. The maximum absolute atomic E-state index is 4.35. The van der Waals surface area contributed by atoms with Crippen molar-refractivity contribution in [3.8, 4) is 0 Å². The molecule has 0 bridgehead atoms. The molecule has 3 nitrogen and oxygen atoms in total. The summed E-state index contributed by atoms with van der Waals surface area (Å²) in [7, 11) is 2.15. The smallest absolute Gasteiger partial charge is 0.0685 e. The van der Waals surface area contributed by atoms with E-state index in [0.717, 1.165) is 29.8 Å². The molecule has 4 heteroatoms. The molecule has 1 aromatic heterocycles. The van der Waals surface area contributed by atoms with Crippen molar-refractivity contribution in [2.24, 2.45) is 0 Å². The van der Waals surface area contributed by atoms with E-state index in [9.17, 15) is 0 Å². The highest BCUT2D eigenvalue weighted by atomic mass is 79.9. The lowest BCUT2D eigenvalue weighted by Gasteiger charge is -2.35. The molecule has 1 fully saturated rings. The van der Waals surface area contributed by atoms with E-state index in [1.165, 1.54) is 0 Å². The summed E-state index contributed by atoms with van der Waals surface area (Å²) in [6.45, 7) is 3.11. The quantitative estimate of drug-likeness (QED) is 0.882. The number of aromatic nitrogens is 1. The highest BCUT2D eigenvalue weighted by Gasteiger charge is 2.21. The molecule has 1 aliphatic rings. The lowest BCUT2D eigenvalue weighted by atomic mass is 10.1. The second-order valence-electron chi connectivity index (χ2n) is 3.66. The third-order valence-corrected chi connectivity index (χ3v) is 3.34. The molecule has 0 aliphatic carbocycles. The summed E-state index contributed by atoms with van der Waals surface area (Å²) in [5, 5.41) is 3.27. The van der Waals surface area contributed by atoms with E-state index in [-0.39, 0.29) is 0 Å². The number of hydrogen-bond donors (Lipinski definition) is 1. The van der Waals surface area contributed by atoms with E-state index < -0.39 is 0 Å². The minimum Gasteiger partial charge on any atom is -0.314 e. The summed E-state index contributed by atoms with van der Waals surface area (Å²) < 4.78 is 1.10. The molecule has 1 saturated heterocycles. The van der Waals surface area contributed by atoms with Crippen molar-refractivity contribution in [3.05, 3.63) is 28.5 Å². The Kier molecular flexibility index (Phi) is 3.15. The van der Waals surface area contributed by atoms with Crippen molar-refractivity contribution >= 4 is 15.9 Å². The van der Waals surface area contributed by atoms with Crippen molar-refractivity contribution in [2.45, 2.75) is 12.6 Å². The van der Waals surface area contributed by atoms with Gasteiger partial charge in [-0.3, -0.25) is 9.88 Å². The molecule has 2 rings (SSSR count). The van der Waals surface area contributed by atoms with Crippen molar-refractivity contribution in [1.29, 1.82) is 0 Å². The zero-order valence-corrected chi connectivity index (χ0v) is 9.79. The molecule has 1 aromatic rings. The molecule has 2 heterocycles. The Morgan fingerprint density at radius 2 is 2.43 bits per heavy atom. The van der Waals surface area contributed by atoms with E-state index >= 15 is 0 Å². The van der Waals surface area contributed by atoms with Crippen LogP contribution in [0.1, 0.15) is 5.69 Å². The monoisotopic (exact) mass is 255 g/mol. The molecule has 0 spiro atoms. The Morgan fingerprint density at radius 1 is 1.64 bits per heavy atom. The molecule has 1 N–H and O–H groups in total. The molecule has 0 amide bonds. The topological polar surface area (TPSA) is 28.2 Å². The summed E-state index contributed by atoms with van der Waals surface area (Å²) in [4.78, 5) is 6.69. The average Bonchev–Trinajstić information content (AvgIpc) is 2.05. The normalized spacial score (nSPS) is 17.1. The predicted octanol–water partition coefficient (Wildman–Crippen LogP) is 1.25. The third kappa shape index (κ3) is 2.13. The lowest BCUT2D eigenvalue weighted by Crippen LogP contribution is -2.55. The van der Waals surface area contributed by atoms with Gasteiger partial charge in [0, 0.05) is 36.3 Å². The van der Waals surface area contributed by atoms with Gasteiger partial charge in [0.25, 0.3) is 0 Å². The number of pyridine rings is 1. The van der Waals surface area contributed by atoms with E-state index in [2.05, 4.69) is 38.2 Å². The van der Waals surface area contributed by atoms with Gasteiger partial charge < -0.3 is 5.32 Å². The van der Waals surface area contributed by atoms with Crippen LogP contribution in [0, 0.1) is 0 Å². The van der Waals surface area contributed by atoms with Gasteiger partial charge in [-0.15, -0.1) is 0 Å². The van der Waals surface area contributed by atoms with Crippen LogP contribution in [-0.4, -0.2) is 36.1 Å². The molecule has 0 saturated carbocycles. The first-order chi connectivity index (χ1) is 6.77. The van der Waals surface area contributed by atoms with Crippen LogP contribution in [0.15, 0.2) is 22.8 Å². The number of hydrogen-bond acceptors (Lipinski definition) is 3. The minimum absolute atomic E-state index is 0.670. The second-order valence-corrected chi connectivity index (χ2v) is 4.51.